The SMILES string of the molecule is CC(C)Cc1ccc([C@@H](CCCCCN2CCCCC2)C(N)=O)cc1.Cl. The van der Waals surface area contributed by atoms with Gasteiger partial charge in [0.25, 0.3) is 0 Å². The summed E-state index contributed by atoms with van der Waals surface area (Å²) in [6.07, 6.45) is 9.57. The first kappa shape index (κ1) is 23.0. The zero-order chi connectivity index (χ0) is 18.1. The van der Waals surface area contributed by atoms with Crippen molar-refractivity contribution in [3.63, 3.8) is 0 Å². The van der Waals surface area contributed by atoms with Crippen molar-refractivity contribution in [3.05, 3.63) is 35.4 Å². The second kappa shape index (κ2) is 12.3. The molecule has 1 saturated heterocycles. The molecule has 4 heteroatoms. The first-order valence-corrected chi connectivity index (χ1v) is 10.2. The number of carbonyl (C=O) groups is 1. The average Bonchev–Trinajstić information content (AvgIpc) is 2.59. The summed E-state index contributed by atoms with van der Waals surface area (Å²) in [5.41, 5.74) is 8.09. The molecule has 1 fully saturated rings. The van der Waals surface area contributed by atoms with Gasteiger partial charge >= 0.3 is 0 Å². The lowest BCUT2D eigenvalue weighted by atomic mass is 9.91. The molecule has 0 radical (unpaired) electrons. The predicted octanol–water partition coefficient (Wildman–Crippen LogP) is 4.92. The van der Waals surface area contributed by atoms with Crippen LogP contribution in [0.1, 0.15) is 75.8 Å². The van der Waals surface area contributed by atoms with Crippen LogP contribution in [-0.2, 0) is 11.2 Å². The number of hydrogen-bond donors (Lipinski definition) is 1. The fourth-order valence-corrected chi connectivity index (χ4v) is 3.87. The first-order chi connectivity index (χ1) is 12.1. The molecule has 0 aromatic heterocycles. The van der Waals surface area contributed by atoms with Crippen LogP contribution in [0.15, 0.2) is 24.3 Å². The van der Waals surface area contributed by atoms with E-state index < -0.39 is 0 Å². The molecule has 1 aromatic rings. The maximum absolute atomic E-state index is 11.9. The van der Waals surface area contributed by atoms with E-state index in [0.717, 1.165) is 24.8 Å². The van der Waals surface area contributed by atoms with Gasteiger partial charge in [0.15, 0.2) is 0 Å². The topological polar surface area (TPSA) is 46.3 Å². The summed E-state index contributed by atoms with van der Waals surface area (Å²) in [6, 6.07) is 8.50. The van der Waals surface area contributed by atoms with Crippen molar-refractivity contribution >= 4 is 18.3 Å². The van der Waals surface area contributed by atoms with Crippen molar-refractivity contribution in [2.45, 2.75) is 71.1 Å². The van der Waals surface area contributed by atoms with Gasteiger partial charge in [0.2, 0.25) is 5.91 Å². The Morgan fingerprint density at radius 3 is 2.27 bits per heavy atom. The molecule has 1 heterocycles. The molecule has 1 aromatic carbocycles. The maximum atomic E-state index is 11.9. The van der Waals surface area contributed by atoms with Gasteiger partial charge in [0.05, 0.1) is 5.92 Å². The summed E-state index contributed by atoms with van der Waals surface area (Å²) in [5.74, 6) is 0.327. The lowest BCUT2D eigenvalue weighted by molar-refractivity contribution is -0.119. The fourth-order valence-electron chi connectivity index (χ4n) is 3.87. The number of rotatable bonds is 10. The van der Waals surface area contributed by atoms with E-state index in [1.54, 1.807) is 0 Å². The van der Waals surface area contributed by atoms with Crippen molar-refractivity contribution < 1.29 is 4.79 Å². The summed E-state index contributed by atoms with van der Waals surface area (Å²) in [6.45, 7) is 8.21. The van der Waals surface area contributed by atoms with Gasteiger partial charge in [-0.1, -0.05) is 57.4 Å². The number of unbranched alkanes of at least 4 members (excludes halogenated alkanes) is 2. The number of primary amides is 1. The number of nitrogens with zero attached hydrogens (tertiary/aromatic N) is 1. The molecule has 1 amide bonds. The Morgan fingerprint density at radius 1 is 1.04 bits per heavy atom. The smallest absolute Gasteiger partial charge is 0.224 e. The largest absolute Gasteiger partial charge is 0.369 e. The number of carbonyl (C=O) groups excluding carboxylic acids is 1. The summed E-state index contributed by atoms with van der Waals surface area (Å²) in [5, 5.41) is 0. The molecule has 0 bridgehead atoms. The van der Waals surface area contributed by atoms with Crippen LogP contribution in [0.3, 0.4) is 0 Å². The zero-order valence-corrected chi connectivity index (χ0v) is 17.4. The second-order valence-corrected chi connectivity index (χ2v) is 8.05. The van der Waals surface area contributed by atoms with E-state index in [1.165, 1.54) is 57.3 Å². The van der Waals surface area contributed by atoms with Crippen LogP contribution in [0.4, 0.5) is 0 Å². The Labute approximate surface area is 166 Å². The molecule has 0 spiro atoms. The normalized spacial score (nSPS) is 16.3. The monoisotopic (exact) mass is 380 g/mol. The highest BCUT2D eigenvalue weighted by molar-refractivity contribution is 5.85. The van der Waals surface area contributed by atoms with Crippen LogP contribution in [0.2, 0.25) is 0 Å². The molecular weight excluding hydrogens is 344 g/mol. The Hall–Kier alpha value is -1.06. The van der Waals surface area contributed by atoms with Crippen molar-refractivity contribution in [1.29, 1.82) is 0 Å². The molecule has 0 unspecified atom stereocenters. The zero-order valence-electron chi connectivity index (χ0n) is 16.6. The molecule has 1 aliphatic rings. The third-order valence-corrected chi connectivity index (χ3v) is 5.29. The van der Waals surface area contributed by atoms with Crippen molar-refractivity contribution in [3.8, 4) is 0 Å². The molecule has 3 nitrogen and oxygen atoms in total. The number of piperidine rings is 1. The minimum absolute atomic E-state index is 0. The lowest BCUT2D eigenvalue weighted by Gasteiger charge is -2.26. The van der Waals surface area contributed by atoms with Gasteiger partial charge in [-0.3, -0.25) is 4.79 Å². The Bertz CT molecular complexity index is 509. The van der Waals surface area contributed by atoms with Gasteiger partial charge in [-0.05, 0) is 68.8 Å². The Morgan fingerprint density at radius 2 is 1.69 bits per heavy atom. The summed E-state index contributed by atoms with van der Waals surface area (Å²) in [4.78, 5) is 14.5. The van der Waals surface area contributed by atoms with E-state index in [-0.39, 0.29) is 24.2 Å². The number of amides is 1. The van der Waals surface area contributed by atoms with Crippen LogP contribution in [0.25, 0.3) is 0 Å². The molecule has 2 rings (SSSR count). The highest BCUT2D eigenvalue weighted by Gasteiger charge is 2.17. The number of likely N-dealkylation sites (tertiary alicyclic amines) is 1. The minimum atomic E-state index is -0.187. The first-order valence-electron chi connectivity index (χ1n) is 10.2. The third-order valence-electron chi connectivity index (χ3n) is 5.29. The van der Waals surface area contributed by atoms with Crippen molar-refractivity contribution in [1.82, 2.24) is 4.90 Å². The molecule has 0 aliphatic carbocycles. The number of nitrogens with two attached hydrogens (primary N) is 1. The third kappa shape index (κ3) is 8.09. The van der Waals surface area contributed by atoms with Gasteiger partial charge in [0, 0.05) is 0 Å². The van der Waals surface area contributed by atoms with E-state index in [2.05, 4.69) is 43.0 Å². The molecule has 1 atom stereocenters. The highest BCUT2D eigenvalue weighted by Crippen LogP contribution is 2.23. The van der Waals surface area contributed by atoms with E-state index in [4.69, 9.17) is 5.73 Å². The minimum Gasteiger partial charge on any atom is -0.369 e. The van der Waals surface area contributed by atoms with Crippen molar-refractivity contribution in [2.24, 2.45) is 11.7 Å². The van der Waals surface area contributed by atoms with Gasteiger partial charge in [-0.15, -0.1) is 12.4 Å². The second-order valence-electron chi connectivity index (χ2n) is 8.05. The van der Waals surface area contributed by atoms with Crippen LogP contribution >= 0.6 is 12.4 Å². The maximum Gasteiger partial charge on any atom is 0.224 e. The predicted molar refractivity (Wildman–Crippen MR) is 113 cm³/mol. The Balaban J connectivity index is 0.00000338. The molecule has 2 N–H and O–H groups in total. The summed E-state index contributed by atoms with van der Waals surface area (Å²) < 4.78 is 0. The van der Waals surface area contributed by atoms with Crippen LogP contribution in [0.5, 0.6) is 0 Å². The van der Waals surface area contributed by atoms with Gasteiger partial charge < -0.3 is 10.6 Å². The quantitative estimate of drug-likeness (QED) is 0.585. The molecule has 0 saturated carbocycles. The highest BCUT2D eigenvalue weighted by atomic mass is 35.5. The number of halogens is 1. The number of hydrogen-bond acceptors (Lipinski definition) is 2. The molecule has 148 valence electrons. The van der Waals surface area contributed by atoms with Gasteiger partial charge in [0.1, 0.15) is 0 Å². The summed E-state index contributed by atoms with van der Waals surface area (Å²) in [7, 11) is 0. The van der Waals surface area contributed by atoms with E-state index in [9.17, 15) is 4.79 Å². The van der Waals surface area contributed by atoms with Gasteiger partial charge in [-0.2, -0.15) is 0 Å². The van der Waals surface area contributed by atoms with E-state index >= 15 is 0 Å². The van der Waals surface area contributed by atoms with Crippen LogP contribution < -0.4 is 5.73 Å². The van der Waals surface area contributed by atoms with Gasteiger partial charge in [-0.25, -0.2) is 0 Å². The fraction of sp³-hybridized carbons (Fsp3) is 0.682. The van der Waals surface area contributed by atoms with E-state index in [0.29, 0.717) is 5.92 Å². The molecule has 1 aliphatic heterocycles. The Kier molecular flexibility index (Phi) is 10.9. The van der Waals surface area contributed by atoms with Crippen LogP contribution in [0, 0.1) is 5.92 Å². The van der Waals surface area contributed by atoms with E-state index in [1.807, 2.05) is 0 Å². The number of benzene rings is 1. The molecular formula is C22H37ClN2O. The lowest BCUT2D eigenvalue weighted by Crippen LogP contribution is -2.30. The molecule has 26 heavy (non-hydrogen) atoms. The van der Waals surface area contributed by atoms with Crippen molar-refractivity contribution in [2.75, 3.05) is 19.6 Å². The standard InChI is InChI=1S/C22H36N2O.ClH/c1-18(2)17-19-10-12-20(13-11-19)21(22(23)25)9-5-3-6-14-24-15-7-4-8-16-24;/h10-13,18,21H,3-9,14-17H2,1-2H3,(H2,23,25);1H/t21-;/m1./s1. The average molecular weight is 381 g/mol. The summed E-state index contributed by atoms with van der Waals surface area (Å²) >= 11 is 0. The van der Waals surface area contributed by atoms with Crippen LogP contribution in [-0.4, -0.2) is 30.4 Å².